The van der Waals surface area contributed by atoms with Crippen LogP contribution in [0.4, 0.5) is 4.39 Å². The van der Waals surface area contributed by atoms with Crippen molar-refractivity contribution in [3.05, 3.63) is 95.1 Å². The van der Waals surface area contributed by atoms with Gasteiger partial charge in [-0.2, -0.15) is 0 Å². The van der Waals surface area contributed by atoms with Gasteiger partial charge in [-0.3, -0.25) is 19.5 Å². The number of rotatable bonds is 5. The Morgan fingerprint density at radius 3 is 2.23 bits per heavy atom. The Bertz CT molecular complexity index is 1220. The topological polar surface area (TPSA) is 84.4 Å². The van der Waals surface area contributed by atoms with Crippen molar-refractivity contribution in [3.8, 4) is 0 Å². The molecule has 8 heteroatoms. The van der Waals surface area contributed by atoms with E-state index in [9.17, 15) is 22.4 Å². The Hall–Kier alpha value is -3.39. The van der Waals surface area contributed by atoms with E-state index < -0.39 is 32.7 Å². The number of pyridine rings is 1. The number of sulfone groups is 1. The SMILES string of the molecule is Cc1cc(S(=O)(=O)[C@H](CN2C(=O)c3ccccc3C2=O)c2cccnc2)ccc1F. The first-order valence-corrected chi connectivity index (χ1v) is 10.7. The Morgan fingerprint density at radius 1 is 1.00 bits per heavy atom. The molecule has 1 aliphatic heterocycles. The number of carbonyl (C=O) groups excluding carboxylic acids is 2. The normalized spacial score (nSPS) is 14.7. The van der Waals surface area contributed by atoms with Crippen LogP contribution in [0.15, 0.2) is 71.9 Å². The number of nitrogens with zero attached hydrogens (tertiary/aromatic N) is 2. The molecule has 0 aliphatic carbocycles. The molecule has 0 unspecified atom stereocenters. The Balaban J connectivity index is 1.78. The molecule has 4 rings (SSSR count). The monoisotopic (exact) mass is 424 g/mol. The fourth-order valence-electron chi connectivity index (χ4n) is 3.48. The number of hydrogen-bond acceptors (Lipinski definition) is 5. The van der Waals surface area contributed by atoms with Crippen molar-refractivity contribution in [1.82, 2.24) is 9.88 Å². The second-order valence-electron chi connectivity index (χ2n) is 7.00. The molecule has 2 amide bonds. The molecule has 2 heterocycles. The number of aryl methyl sites for hydroxylation is 1. The van der Waals surface area contributed by atoms with Gasteiger partial charge in [-0.05, 0) is 54.4 Å². The van der Waals surface area contributed by atoms with Crippen molar-refractivity contribution < 1.29 is 22.4 Å². The summed E-state index contributed by atoms with van der Waals surface area (Å²) in [6.07, 6.45) is 2.88. The van der Waals surface area contributed by atoms with Crippen molar-refractivity contribution >= 4 is 21.7 Å². The lowest BCUT2D eigenvalue weighted by Gasteiger charge is -2.23. The maximum Gasteiger partial charge on any atom is 0.261 e. The summed E-state index contributed by atoms with van der Waals surface area (Å²) in [4.78, 5) is 30.4. The van der Waals surface area contributed by atoms with Gasteiger partial charge in [-0.15, -0.1) is 0 Å². The van der Waals surface area contributed by atoms with Crippen molar-refractivity contribution in [3.63, 3.8) is 0 Å². The molecule has 0 fully saturated rings. The van der Waals surface area contributed by atoms with Crippen LogP contribution >= 0.6 is 0 Å². The molecule has 0 bridgehead atoms. The minimum atomic E-state index is -4.07. The molecule has 1 aliphatic rings. The first kappa shape index (κ1) is 19.9. The summed E-state index contributed by atoms with van der Waals surface area (Å²) in [5.41, 5.74) is 0.989. The minimum Gasteiger partial charge on any atom is -0.273 e. The van der Waals surface area contributed by atoms with Crippen LogP contribution < -0.4 is 0 Å². The first-order chi connectivity index (χ1) is 14.3. The van der Waals surface area contributed by atoms with Crippen LogP contribution in [0.2, 0.25) is 0 Å². The van der Waals surface area contributed by atoms with Crippen LogP contribution in [0.5, 0.6) is 0 Å². The zero-order valence-electron chi connectivity index (χ0n) is 15.9. The van der Waals surface area contributed by atoms with Crippen LogP contribution in [0.1, 0.15) is 37.1 Å². The average molecular weight is 424 g/mol. The number of imide groups is 1. The maximum atomic E-state index is 13.7. The van der Waals surface area contributed by atoms with E-state index in [1.54, 1.807) is 24.3 Å². The molecule has 2 aromatic carbocycles. The van der Waals surface area contributed by atoms with E-state index in [4.69, 9.17) is 0 Å². The van der Waals surface area contributed by atoms with Crippen LogP contribution in [0, 0.1) is 12.7 Å². The summed E-state index contributed by atoms with van der Waals surface area (Å²) in [5, 5.41) is -1.25. The van der Waals surface area contributed by atoms with E-state index in [1.807, 2.05) is 0 Å². The smallest absolute Gasteiger partial charge is 0.261 e. The molecule has 0 saturated carbocycles. The summed E-state index contributed by atoms with van der Waals surface area (Å²) in [5.74, 6) is -1.61. The van der Waals surface area contributed by atoms with E-state index in [-0.39, 0.29) is 28.1 Å². The Kier molecular flexibility index (Phi) is 4.95. The molecule has 152 valence electrons. The van der Waals surface area contributed by atoms with Gasteiger partial charge in [0, 0.05) is 12.4 Å². The number of aromatic nitrogens is 1. The van der Waals surface area contributed by atoms with Crippen molar-refractivity contribution in [2.45, 2.75) is 17.1 Å². The van der Waals surface area contributed by atoms with Gasteiger partial charge in [0.1, 0.15) is 11.1 Å². The largest absolute Gasteiger partial charge is 0.273 e. The molecule has 0 saturated heterocycles. The summed E-state index contributed by atoms with van der Waals surface area (Å²) < 4.78 is 40.6. The predicted molar refractivity (Wildman–Crippen MR) is 107 cm³/mol. The standard InChI is InChI=1S/C22H17FN2O4S/c1-14-11-16(8-9-19(14)23)30(28,29)20(15-5-4-10-24-12-15)13-25-21(26)17-6-2-3-7-18(17)22(25)27/h2-12,20H,13H2,1H3/t20-/m1/s1. The number of amides is 2. The highest BCUT2D eigenvalue weighted by molar-refractivity contribution is 7.91. The van der Waals surface area contributed by atoms with Gasteiger partial charge < -0.3 is 0 Å². The second kappa shape index (κ2) is 7.46. The predicted octanol–water partition coefficient (Wildman–Crippen LogP) is 3.34. The molecule has 0 spiro atoms. The van der Waals surface area contributed by atoms with E-state index in [2.05, 4.69) is 4.98 Å². The molecule has 1 atom stereocenters. The number of hydrogen-bond donors (Lipinski definition) is 0. The highest BCUT2D eigenvalue weighted by Gasteiger charge is 2.40. The molecular formula is C22H17FN2O4S. The summed E-state index contributed by atoms with van der Waals surface area (Å²) in [7, 11) is -4.07. The average Bonchev–Trinajstić information content (AvgIpc) is 2.99. The Labute approximate surface area is 172 Å². The van der Waals surface area contributed by atoms with Gasteiger partial charge in [0.15, 0.2) is 9.84 Å². The van der Waals surface area contributed by atoms with Gasteiger partial charge in [0.2, 0.25) is 0 Å². The van der Waals surface area contributed by atoms with E-state index >= 15 is 0 Å². The third-order valence-corrected chi connectivity index (χ3v) is 7.20. The van der Waals surface area contributed by atoms with E-state index in [1.165, 1.54) is 43.6 Å². The van der Waals surface area contributed by atoms with Gasteiger partial charge in [0.05, 0.1) is 22.6 Å². The minimum absolute atomic E-state index is 0.0909. The summed E-state index contributed by atoms with van der Waals surface area (Å²) in [6.45, 7) is 1.09. The highest BCUT2D eigenvalue weighted by Crippen LogP contribution is 2.33. The number of halogens is 1. The van der Waals surface area contributed by atoms with Crippen molar-refractivity contribution in [2.75, 3.05) is 6.54 Å². The Morgan fingerprint density at radius 2 is 1.67 bits per heavy atom. The maximum absolute atomic E-state index is 13.7. The molecule has 6 nitrogen and oxygen atoms in total. The molecule has 0 radical (unpaired) electrons. The second-order valence-corrected chi connectivity index (χ2v) is 9.13. The fourth-order valence-corrected chi connectivity index (χ4v) is 5.25. The van der Waals surface area contributed by atoms with Crippen LogP contribution in [0.25, 0.3) is 0 Å². The molecular weight excluding hydrogens is 407 g/mol. The number of fused-ring (bicyclic) bond motifs is 1. The third kappa shape index (κ3) is 3.29. The van der Waals surface area contributed by atoms with Gasteiger partial charge in [0.25, 0.3) is 11.8 Å². The molecule has 3 aromatic rings. The third-order valence-electron chi connectivity index (χ3n) is 5.12. The van der Waals surface area contributed by atoms with Crippen LogP contribution in [-0.4, -0.2) is 36.7 Å². The lowest BCUT2D eigenvalue weighted by molar-refractivity contribution is 0.0654. The first-order valence-electron chi connectivity index (χ1n) is 9.16. The lowest BCUT2D eigenvalue weighted by atomic mass is 10.1. The molecule has 0 N–H and O–H groups in total. The summed E-state index contributed by atoms with van der Waals surface area (Å²) >= 11 is 0. The number of carbonyl (C=O) groups is 2. The van der Waals surface area contributed by atoms with E-state index in [0.717, 1.165) is 11.0 Å². The molecule has 1 aromatic heterocycles. The van der Waals surface area contributed by atoms with Crippen molar-refractivity contribution in [2.24, 2.45) is 0 Å². The van der Waals surface area contributed by atoms with Gasteiger partial charge in [-0.1, -0.05) is 18.2 Å². The summed E-state index contributed by atoms with van der Waals surface area (Å²) in [6, 6.07) is 13.0. The lowest BCUT2D eigenvalue weighted by Crippen LogP contribution is -2.36. The van der Waals surface area contributed by atoms with E-state index in [0.29, 0.717) is 5.56 Å². The van der Waals surface area contributed by atoms with Gasteiger partial charge >= 0.3 is 0 Å². The van der Waals surface area contributed by atoms with Crippen LogP contribution in [0.3, 0.4) is 0 Å². The zero-order chi connectivity index (χ0) is 21.5. The quantitative estimate of drug-likeness (QED) is 0.463. The molecule has 30 heavy (non-hydrogen) atoms. The zero-order valence-corrected chi connectivity index (χ0v) is 16.8. The van der Waals surface area contributed by atoms with Gasteiger partial charge in [-0.25, -0.2) is 12.8 Å². The highest BCUT2D eigenvalue weighted by atomic mass is 32.2. The van der Waals surface area contributed by atoms with Crippen molar-refractivity contribution in [1.29, 1.82) is 0 Å². The fraction of sp³-hybridized carbons (Fsp3) is 0.136. The number of benzene rings is 2. The van der Waals surface area contributed by atoms with Crippen LogP contribution in [-0.2, 0) is 9.84 Å².